The molecule has 0 radical (unpaired) electrons. The van der Waals surface area contributed by atoms with Crippen LogP contribution >= 0.6 is 0 Å². The highest BCUT2D eigenvalue weighted by atomic mass is 32.2. The second-order valence-corrected chi connectivity index (χ2v) is 8.92. The van der Waals surface area contributed by atoms with Crippen molar-refractivity contribution in [3.05, 3.63) is 94.9 Å². The number of nitrogens with one attached hydrogen (secondary N) is 1. The summed E-state index contributed by atoms with van der Waals surface area (Å²) in [5, 5.41) is 1.33. The molecule has 0 spiro atoms. The first-order valence-electron chi connectivity index (χ1n) is 9.71. The third kappa shape index (κ3) is 4.10. The van der Waals surface area contributed by atoms with Crippen molar-refractivity contribution < 1.29 is 13.2 Å². The molecule has 0 saturated carbocycles. The Balaban J connectivity index is 1.81. The first-order chi connectivity index (χ1) is 14.9. The van der Waals surface area contributed by atoms with E-state index in [1.165, 1.54) is 11.7 Å². The highest BCUT2D eigenvalue weighted by Crippen LogP contribution is 2.32. The van der Waals surface area contributed by atoms with Crippen LogP contribution in [0.2, 0.25) is 0 Å². The van der Waals surface area contributed by atoms with Gasteiger partial charge in [-0.25, -0.2) is 13.1 Å². The van der Waals surface area contributed by atoms with Crippen LogP contribution in [-0.2, 0) is 23.6 Å². The van der Waals surface area contributed by atoms with Crippen LogP contribution in [0.5, 0.6) is 5.75 Å². The van der Waals surface area contributed by atoms with Gasteiger partial charge in [0.25, 0.3) is 5.56 Å². The average molecular weight is 435 g/mol. The second-order valence-electron chi connectivity index (χ2n) is 7.18. The van der Waals surface area contributed by atoms with Gasteiger partial charge in [0.2, 0.25) is 10.0 Å². The number of hydrogen-bond donors (Lipinski definition) is 1. The normalized spacial score (nSPS) is 11.5. The molecule has 0 atom stereocenters. The van der Waals surface area contributed by atoms with E-state index in [2.05, 4.69) is 4.72 Å². The first kappa shape index (κ1) is 20.8. The Morgan fingerprint density at radius 3 is 2.32 bits per heavy atom. The van der Waals surface area contributed by atoms with Gasteiger partial charge in [0.15, 0.2) is 0 Å². The Hall–Kier alpha value is -3.42. The zero-order valence-corrected chi connectivity index (χ0v) is 18.0. The number of pyridine rings is 1. The maximum atomic E-state index is 13.1. The van der Waals surface area contributed by atoms with E-state index < -0.39 is 10.0 Å². The molecule has 4 aromatic rings. The summed E-state index contributed by atoms with van der Waals surface area (Å²) in [6.07, 6.45) is 1.72. The van der Waals surface area contributed by atoms with E-state index in [4.69, 9.17) is 4.74 Å². The Labute approximate surface area is 180 Å². The third-order valence-corrected chi connectivity index (χ3v) is 6.59. The average Bonchev–Trinajstić information content (AvgIpc) is 2.80. The molecular formula is C24H22N2O4S. The number of ether oxygens (including phenoxy) is 1. The van der Waals surface area contributed by atoms with Crippen molar-refractivity contribution in [3.8, 4) is 16.9 Å². The summed E-state index contributed by atoms with van der Waals surface area (Å²) in [7, 11) is -0.728. The summed E-state index contributed by atoms with van der Waals surface area (Å²) in [5.41, 5.74) is 2.18. The van der Waals surface area contributed by atoms with Crippen LogP contribution in [0.15, 0.2) is 88.7 Å². The van der Waals surface area contributed by atoms with E-state index in [9.17, 15) is 13.2 Å². The lowest BCUT2D eigenvalue weighted by atomic mass is 10.0. The van der Waals surface area contributed by atoms with Crippen LogP contribution in [0.4, 0.5) is 0 Å². The summed E-state index contributed by atoms with van der Waals surface area (Å²) < 4.78 is 35.7. The van der Waals surface area contributed by atoms with Gasteiger partial charge in [0, 0.05) is 30.7 Å². The molecule has 0 aliphatic rings. The third-order valence-electron chi connectivity index (χ3n) is 5.16. The van der Waals surface area contributed by atoms with Crippen molar-refractivity contribution in [2.45, 2.75) is 11.4 Å². The summed E-state index contributed by atoms with van der Waals surface area (Å²) >= 11 is 0. The van der Waals surface area contributed by atoms with Gasteiger partial charge >= 0.3 is 0 Å². The first-order valence-corrected chi connectivity index (χ1v) is 11.2. The predicted molar refractivity (Wildman–Crippen MR) is 122 cm³/mol. The van der Waals surface area contributed by atoms with E-state index in [1.807, 2.05) is 48.5 Å². The molecule has 0 aliphatic carbocycles. The molecule has 1 heterocycles. The maximum Gasteiger partial charge on any atom is 0.258 e. The molecule has 158 valence electrons. The van der Waals surface area contributed by atoms with Gasteiger partial charge in [-0.1, -0.05) is 54.6 Å². The summed E-state index contributed by atoms with van der Waals surface area (Å²) in [6.45, 7) is 0.166. The van der Waals surface area contributed by atoms with Crippen molar-refractivity contribution >= 4 is 20.8 Å². The fourth-order valence-electron chi connectivity index (χ4n) is 3.55. The van der Waals surface area contributed by atoms with Crippen LogP contribution < -0.4 is 15.0 Å². The number of hydrogen-bond acceptors (Lipinski definition) is 4. The van der Waals surface area contributed by atoms with Gasteiger partial charge in [0.1, 0.15) is 10.6 Å². The predicted octanol–water partition coefficient (Wildman–Crippen LogP) is 3.69. The monoisotopic (exact) mass is 434 g/mol. The number of fused-ring (bicyclic) bond motifs is 1. The molecule has 0 aliphatic heterocycles. The number of nitrogens with zero attached hydrogens (tertiary/aromatic N) is 1. The molecule has 6 nitrogen and oxygen atoms in total. The van der Waals surface area contributed by atoms with Crippen LogP contribution in [0, 0.1) is 0 Å². The van der Waals surface area contributed by atoms with E-state index in [1.54, 1.807) is 37.5 Å². The van der Waals surface area contributed by atoms with Gasteiger partial charge in [0.05, 0.1) is 7.11 Å². The van der Waals surface area contributed by atoms with Crippen LogP contribution in [0.25, 0.3) is 21.9 Å². The van der Waals surface area contributed by atoms with E-state index in [0.29, 0.717) is 10.9 Å². The van der Waals surface area contributed by atoms with E-state index >= 15 is 0 Å². The largest absolute Gasteiger partial charge is 0.495 e. The minimum Gasteiger partial charge on any atom is -0.495 e. The van der Waals surface area contributed by atoms with Crippen molar-refractivity contribution in [2.75, 3.05) is 7.11 Å². The Morgan fingerprint density at radius 1 is 0.935 bits per heavy atom. The molecule has 31 heavy (non-hydrogen) atoms. The lowest BCUT2D eigenvalue weighted by molar-refractivity contribution is 0.402. The summed E-state index contributed by atoms with van der Waals surface area (Å²) in [5.74, 6) is 0.249. The standard InChI is InChI=1S/C24H22N2O4S/c1-26-16-21(19-10-6-7-11-20(19)24(26)27)18-12-13-22(30-2)23(14-18)31(28,29)25-15-17-8-4-3-5-9-17/h3-14,16,25H,15H2,1-2H3. The van der Waals surface area contributed by atoms with Crippen molar-refractivity contribution in [2.24, 2.45) is 7.05 Å². The van der Waals surface area contributed by atoms with Gasteiger partial charge in [-0.05, 0) is 34.7 Å². The summed E-state index contributed by atoms with van der Waals surface area (Å²) in [6, 6.07) is 21.6. The van der Waals surface area contributed by atoms with Crippen molar-refractivity contribution in [3.63, 3.8) is 0 Å². The van der Waals surface area contributed by atoms with E-state index in [0.717, 1.165) is 16.5 Å². The molecule has 0 fully saturated rings. The lowest BCUT2D eigenvalue weighted by Gasteiger charge is -2.14. The number of benzene rings is 3. The zero-order chi connectivity index (χ0) is 22.0. The summed E-state index contributed by atoms with van der Waals surface area (Å²) in [4.78, 5) is 12.5. The van der Waals surface area contributed by atoms with E-state index in [-0.39, 0.29) is 22.7 Å². The van der Waals surface area contributed by atoms with Gasteiger partial charge in [-0.3, -0.25) is 4.79 Å². The molecule has 0 saturated heterocycles. The Kier molecular flexibility index (Phi) is 5.63. The molecule has 3 aromatic carbocycles. The second kappa shape index (κ2) is 8.37. The van der Waals surface area contributed by atoms with Gasteiger partial charge in [-0.15, -0.1) is 0 Å². The Bertz CT molecular complexity index is 1410. The molecule has 0 amide bonds. The molecule has 4 rings (SSSR count). The molecule has 1 aromatic heterocycles. The van der Waals surface area contributed by atoms with Gasteiger partial charge in [-0.2, -0.15) is 0 Å². The molecular weight excluding hydrogens is 412 g/mol. The zero-order valence-electron chi connectivity index (χ0n) is 17.2. The minimum atomic E-state index is -3.85. The highest BCUT2D eigenvalue weighted by Gasteiger charge is 2.21. The molecule has 0 bridgehead atoms. The van der Waals surface area contributed by atoms with Crippen LogP contribution in [-0.4, -0.2) is 20.1 Å². The molecule has 7 heteroatoms. The smallest absolute Gasteiger partial charge is 0.258 e. The van der Waals surface area contributed by atoms with Gasteiger partial charge < -0.3 is 9.30 Å². The highest BCUT2D eigenvalue weighted by molar-refractivity contribution is 7.89. The number of rotatable bonds is 6. The van der Waals surface area contributed by atoms with Crippen molar-refractivity contribution in [1.29, 1.82) is 0 Å². The maximum absolute atomic E-state index is 13.1. The fourth-order valence-corrected chi connectivity index (χ4v) is 4.76. The number of aryl methyl sites for hydroxylation is 1. The number of aromatic nitrogens is 1. The quantitative estimate of drug-likeness (QED) is 0.502. The number of methoxy groups -OCH3 is 1. The molecule has 0 unspecified atom stereocenters. The van der Waals surface area contributed by atoms with Crippen LogP contribution in [0.1, 0.15) is 5.56 Å². The SMILES string of the molecule is COc1ccc(-c2cn(C)c(=O)c3ccccc23)cc1S(=O)(=O)NCc1ccccc1. The fraction of sp³-hybridized carbons (Fsp3) is 0.125. The van der Waals surface area contributed by atoms with Crippen molar-refractivity contribution in [1.82, 2.24) is 9.29 Å². The minimum absolute atomic E-state index is 0.0429. The number of sulfonamides is 1. The van der Waals surface area contributed by atoms with Crippen LogP contribution in [0.3, 0.4) is 0 Å². The lowest BCUT2D eigenvalue weighted by Crippen LogP contribution is -2.23. The molecule has 1 N–H and O–H groups in total. The topological polar surface area (TPSA) is 77.4 Å². The Morgan fingerprint density at radius 2 is 1.61 bits per heavy atom.